The molecular weight excluding hydrogens is 429 g/mol. The third-order valence-electron chi connectivity index (χ3n) is 4.57. The largest absolute Gasteiger partial charge is 0.481 e. The summed E-state index contributed by atoms with van der Waals surface area (Å²) >= 11 is 1.41. The minimum Gasteiger partial charge on any atom is -0.481 e. The number of hydrogen-bond donors (Lipinski definition) is 1. The molecule has 6 nitrogen and oxygen atoms in total. The fourth-order valence-electron chi connectivity index (χ4n) is 2.92. The highest BCUT2D eigenvalue weighted by atomic mass is 32.1. The molecule has 160 valence electrons. The molecule has 0 aliphatic rings. The fraction of sp³-hybridized carbons (Fsp3) is 0.125. The predicted molar refractivity (Wildman–Crippen MR) is 121 cm³/mol. The van der Waals surface area contributed by atoms with Gasteiger partial charge in [0.2, 0.25) is 0 Å². The summed E-state index contributed by atoms with van der Waals surface area (Å²) in [6.45, 7) is 3.65. The molecule has 0 aliphatic carbocycles. The number of benzene rings is 3. The van der Waals surface area contributed by atoms with E-state index in [1.807, 2.05) is 31.2 Å². The first-order valence-corrected chi connectivity index (χ1v) is 10.6. The maximum Gasteiger partial charge on any atom is 0.266 e. The van der Waals surface area contributed by atoms with Gasteiger partial charge in [0.25, 0.3) is 5.91 Å². The molecule has 1 atom stereocenters. The van der Waals surface area contributed by atoms with Crippen LogP contribution >= 0.6 is 11.3 Å². The van der Waals surface area contributed by atoms with Crippen LogP contribution in [-0.4, -0.2) is 17.0 Å². The van der Waals surface area contributed by atoms with Crippen LogP contribution in [0.3, 0.4) is 0 Å². The number of anilines is 1. The molecule has 1 heterocycles. The lowest BCUT2D eigenvalue weighted by atomic mass is 10.2. The molecule has 1 aromatic heterocycles. The molecule has 0 spiro atoms. The Labute approximate surface area is 187 Å². The van der Waals surface area contributed by atoms with E-state index >= 15 is 0 Å². The monoisotopic (exact) mass is 447 g/mol. The Hall–Kier alpha value is -3.96. The fourth-order valence-corrected chi connectivity index (χ4v) is 3.88. The summed E-state index contributed by atoms with van der Waals surface area (Å²) in [4.78, 5) is 16.9. The van der Waals surface area contributed by atoms with Crippen LogP contribution in [0.4, 0.5) is 9.52 Å². The molecule has 0 saturated heterocycles. The quantitative estimate of drug-likeness (QED) is 0.403. The number of carbonyl (C=O) groups excluding carboxylic acids is 1. The highest BCUT2D eigenvalue weighted by Gasteiger charge is 2.17. The van der Waals surface area contributed by atoms with Gasteiger partial charge in [-0.05, 0) is 74.0 Å². The average molecular weight is 447 g/mol. The van der Waals surface area contributed by atoms with E-state index in [1.54, 1.807) is 31.2 Å². The van der Waals surface area contributed by atoms with Crippen molar-refractivity contribution in [1.29, 1.82) is 5.26 Å². The minimum atomic E-state index is -0.758. The van der Waals surface area contributed by atoms with Crippen molar-refractivity contribution in [2.24, 2.45) is 0 Å². The third kappa shape index (κ3) is 4.85. The summed E-state index contributed by atoms with van der Waals surface area (Å²) in [6, 6.07) is 18.2. The Bertz CT molecular complexity index is 1330. The molecule has 1 N–H and O–H groups in total. The first-order chi connectivity index (χ1) is 15.4. The van der Waals surface area contributed by atoms with E-state index in [0.717, 1.165) is 21.8 Å². The van der Waals surface area contributed by atoms with Crippen LogP contribution in [-0.2, 0) is 4.79 Å². The Morgan fingerprint density at radius 3 is 2.59 bits per heavy atom. The molecule has 8 heteroatoms. The number of nitrogens with zero attached hydrogens (tertiary/aromatic N) is 2. The molecular formula is C24H18FN3O3S. The van der Waals surface area contributed by atoms with Crippen molar-refractivity contribution in [2.75, 3.05) is 5.32 Å². The number of carbonyl (C=O) groups is 1. The second-order valence-corrected chi connectivity index (χ2v) is 8.10. The van der Waals surface area contributed by atoms with Gasteiger partial charge in [0.1, 0.15) is 11.5 Å². The van der Waals surface area contributed by atoms with Crippen LogP contribution < -0.4 is 14.8 Å². The number of fused-ring (bicyclic) bond motifs is 1. The van der Waals surface area contributed by atoms with Gasteiger partial charge in [0, 0.05) is 0 Å². The molecule has 0 saturated carbocycles. The summed E-state index contributed by atoms with van der Waals surface area (Å²) in [5, 5.41) is 12.1. The van der Waals surface area contributed by atoms with Gasteiger partial charge in [0.05, 0.1) is 21.8 Å². The highest BCUT2D eigenvalue weighted by Crippen LogP contribution is 2.28. The Kier molecular flexibility index (Phi) is 6.01. The van der Waals surface area contributed by atoms with Crippen LogP contribution in [0.5, 0.6) is 17.2 Å². The standard InChI is InChI=1S/C24H18FN3O3S/c1-14-3-9-20-22(11-14)32-24(27-20)28-23(29)15(2)30-17-5-7-18(8-6-17)31-21-10-4-16(13-26)12-19(21)25/h3-12,15H,1-2H3,(H,27,28,29)/t15-/m1/s1. The molecule has 0 unspecified atom stereocenters. The van der Waals surface area contributed by atoms with Crippen molar-refractivity contribution in [1.82, 2.24) is 4.98 Å². The molecule has 3 aromatic carbocycles. The number of nitriles is 1. The summed E-state index contributed by atoms with van der Waals surface area (Å²) in [6.07, 6.45) is -0.758. The van der Waals surface area contributed by atoms with Gasteiger partial charge < -0.3 is 9.47 Å². The first kappa shape index (κ1) is 21.3. The SMILES string of the molecule is Cc1ccc2nc(NC(=O)[C@@H](C)Oc3ccc(Oc4ccc(C#N)cc4F)cc3)sc2c1. The highest BCUT2D eigenvalue weighted by molar-refractivity contribution is 7.22. The predicted octanol–water partition coefficient (Wildman–Crippen LogP) is 5.81. The van der Waals surface area contributed by atoms with Crippen LogP contribution in [0, 0.1) is 24.1 Å². The van der Waals surface area contributed by atoms with Crippen molar-refractivity contribution in [3.05, 3.63) is 77.6 Å². The molecule has 4 aromatic rings. The number of hydrogen-bond acceptors (Lipinski definition) is 6. The van der Waals surface area contributed by atoms with Crippen molar-refractivity contribution in [2.45, 2.75) is 20.0 Å². The summed E-state index contributed by atoms with van der Waals surface area (Å²) < 4.78 is 26.2. The van der Waals surface area contributed by atoms with Gasteiger partial charge in [-0.2, -0.15) is 5.26 Å². The molecule has 0 radical (unpaired) electrons. The lowest BCUT2D eigenvalue weighted by Crippen LogP contribution is -2.30. The third-order valence-corrected chi connectivity index (χ3v) is 5.50. The maximum absolute atomic E-state index is 14.0. The molecule has 0 fully saturated rings. The number of aryl methyl sites for hydroxylation is 1. The lowest BCUT2D eigenvalue weighted by Gasteiger charge is -2.14. The molecule has 1 amide bonds. The van der Waals surface area contributed by atoms with Crippen LogP contribution in [0.2, 0.25) is 0 Å². The molecule has 4 rings (SSSR count). The average Bonchev–Trinajstić information content (AvgIpc) is 3.17. The smallest absolute Gasteiger partial charge is 0.266 e. The molecule has 32 heavy (non-hydrogen) atoms. The van der Waals surface area contributed by atoms with Crippen LogP contribution in [0.25, 0.3) is 10.2 Å². The van der Waals surface area contributed by atoms with Crippen molar-refractivity contribution < 1.29 is 18.7 Å². The number of thiazole rings is 1. The van der Waals surface area contributed by atoms with Crippen LogP contribution in [0.1, 0.15) is 18.1 Å². The topological polar surface area (TPSA) is 84.2 Å². The summed E-state index contributed by atoms with van der Waals surface area (Å²) in [5.74, 6) is -0.0834. The van der Waals surface area contributed by atoms with Gasteiger partial charge in [-0.3, -0.25) is 10.1 Å². The second kappa shape index (κ2) is 9.04. The Morgan fingerprint density at radius 1 is 1.12 bits per heavy atom. The number of aromatic nitrogens is 1. The van der Waals surface area contributed by atoms with Gasteiger partial charge in [-0.1, -0.05) is 17.4 Å². The molecule has 0 aliphatic heterocycles. The second-order valence-electron chi connectivity index (χ2n) is 7.07. The zero-order chi connectivity index (χ0) is 22.7. The number of ether oxygens (including phenoxy) is 2. The van der Waals surface area contributed by atoms with Gasteiger partial charge in [-0.15, -0.1) is 0 Å². The number of halogens is 1. The normalized spacial score (nSPS) is 11.6. The van der Waals surface area contributed by atoms with E-state index in [2.05, 4.69) is 10.3 Å². The van der Waals surface area contributed by atoms with Crippen LogP contribution in [0.15, 0.2) is 60.7 Å². The van der Waals surface area contributed by atoms with E-state index in [-0.39, 0.29) is 17.2 Å². The zero-order valence-corrected chi connectivity index (χ0v) is 18.1. The van der Waals surface area contributed by atoms with Gasteiger partial charge >= 0.3 is 0 Å². The van der Waals surface area contributed by atoms with Crippen molar-refractivity contribution in [3.8, 4) is 23.3 Å². The summed E-state index contributed by atoms with van der Waals surface area (Å²) in [5.41, 5.74) is 2.18. The van der Waals surface area contributed by atoms with E-state index in [4.69, 9.17) is 14.7 Å². The van der Waals surface area contributed by atoms with E-state index in [9.17, 15) is 9.18 Å². The first-order valence-electron chi connectivity index (χ1n) is 9.73. The van der Waals surface area contributed by atoms with E-state index in [1.165, 1.54) is 23.5 Å². The van der Waals surface area contributed by atoms with Crippen molar-refractivity contribution >= 4 is 32.6 Å². The number of rotatable bonds is 6. The zero-order valence-electron chi connectivity index (χ0n) is 17.3. The van der Waals surface area contributed by atoms with E-state index in [0.29, 0.717) is 16.6 Å². The molecule has 0 bridgehead atoms. The van der Waals surface area contributed by atoms with Gasteiger partial charge in [0.15, 0.2) is 22.8 Å². The van der Waals surface area contributed by atoms with Gasteiger partial charge in [-0.25, -0.2) is 9.37 Å². The van der Waals surface area contributed by atoms with Crippen molar-refractivity contribution in [3.63, 3.8) is 0 Å². The lowest BCUT2D eigenvalue weighted by molar-refractivity contribution is -0.122. The summed E-state index contributed by atoms with van der Waals surface area (Å²) in [7, 11) is 0. The number of amides is 1. The maximum atomic E-state index is 14.0. The minimum absolute atomic E-state index is 0.0106. The number of nitrogens with one attached hydrogen (secondary N) is 1. The van der Waals surface area contributed by atoms with E-state index < -0.39 is 11.9 Å². The Morgan fingerprint density at radius 2 is 1.88 bits per heavy atom. The Balaban J connectivity index is 1.37.